The Morgan fingerprint density at radius 3 is 1.58 bits per heavy atom. The van der Waals surface area contributed by atoms with E-state index >= 15 is 0 Å². The van der Waals surface area contributed by atoms with E-state index in [0.29, 0.717) is 19.7 Å². The highest BCUT2D eigenvalue weighted by Crippen LogP contribution is 2.28. The Balaban J connectivity index is 0.000000185. The molecular weight excluding hydrogens is 960 g/mol. The first-order valence-corrected chi connectivity index (χ1v) is 26.3. The molecule has 6 aromatic rings. The Morgan fingerprint density at radius 2 is 1.11 bits per heavy atom. The third kappa shape index (κ3) is 16.1. The number of alkyl halides is 1. The molecule has 2 unspecified atom stereocenters. The number of β-amino-alcohol motifs (C(OH)–C–C–N with tert-alkyl or cyclic N) is 2. The van der Waals surface area contributed by atoms with E-state index < -0.39 is 12.2 Å². The molecule has 0 saturated carbocycles. The zero-order chi connectivity index (χ0) is 49.4. The van der Waals surface area contributed by atoms with Crippen LogP contribution in [-0.4, -0.2) is 174 Å². The Kier molecular flexibility index (Phi) is 21.8. The number of carbonyl (C=O) groups is 2. The van der Waals surface area contributed by atoms with Crippen molar-refractivity contribution >= 4 is 77.9 Å². The van der Waals surface area contributed by atoms with Crippen LogP contribution in [0.25, 0.3) is 20.4 Å². The number of aryl methyl sites for hydroxylation is 2. The normalized spacial score (nSPS) is 19.5. The average molecular weight is 1030 g/mol. The molecule has 2 amide bonds. The minimum atomic E-state index is -0.564. The number of aromatic nitrogens is 2. The number of amides is 2. The Hall–Kier alpha value is -4.79. The third-order valence-electron chi connectivity index (χ3n) is 12.3. The van der Waals surface area contributed by atoms with Crippen molar-refractivity contribution in [3.05, 3.63) is 107 Å². The van der Waals surface area contributed by atoms with Crippen LogP contribution in [0.15, 0.2) is 97.1 Å². The molecule has 18 heteroatoms. The number of fused-ring (bicyclic) bond motifs is 2. The molecule has 4 aromatic carbocycles. The zero-order valence-corrected chi connectivity index (χ0v) is 42.8. The van der Waals surface area contributed by atoms with Gasteiger partial charge in [-0.25, -0.2) is 9.97 Å². The smallest absolute Gasteiger partial charge is 0.245 e. The summed E-state index contributed by atoms with van der Waals surface area (Å²) in [5, 5.41) is 33.2. The summed E-state index contributed by atoms with van der Waals surface area (Å²) in [7, 11) is 0. The molecule has 6 heterocycles. The number of hydrogen-bond acceptors (Lipinski definition) is 15. The van der Waals surface area contributed by atoms with Gasteiger partial charge >= 0.3 is 0 Å². The second kappa shape index (κ2) is 27.9. The maximum Gasteiger partial charge on any atom is 0.245 e. The second-order valence-electron chi connectivity index (χ2n) is 17.6. The minimum absolute atomic E-state index is 0. The fraction of sp³-hybridized carbons (Fsp3) is 0.472. The summed E-state index contributed by atoms with van der Waals surface area (Å²) in [4.78, 5) is 43.9. The molecule has 0 aliphatic carbocycles. The van der Waals surface area contributed by atoms with E-state index in [1.165, 1.54) is 4.70 Å². The number of benzene rings is 4. The van der Waals surface area contributed by atoms with Gasteiger partial charge in [0.05, 0.1) is 36.5 Å². The molecule has 71 heavy (non-hydrogen) atoms. The summed E-state index contributed by atoms with van der Waals surface area (Å²) in [6, 6.07) is 31.3. The Morgan fingerprint density at radius 1 is 0.662 bits per heavy atom. The maximum atomic E-state index is 13.0. The highest BCUT2D eigenvalue weighted by Gasteiger charge is 2.38. The van der Waals surface area contributed by atoms with E-state index in [9.17, 15) is 19.8 Å². The summed E-state index contributed by atoms with van der Waals surface area (Å²) in [5.41, 5.74) is 3.82. The summed E-state index contributed by atoms with van der Waals surface area (Å²) >= 11 is 9.16. The number of aliphatic hydroxyl groups is 3. The lowest BCUT2D eigenvalue weighted by Crippen LogP contribution is -2.54. The van der Waals surface area contributed by atoms with Crippen LogP contribution >= 0.6 is 34.3 Å². The third-order valence-corrected chi connectivity index (χ3v) is 14.6. The van der Waals surface area contributed by atoms with Crippen molar-refractivity contribution in [3.63, 3.8) is 0 Å². The first kappa shape index (κ1) is 55.5. The van der Waals surface area contributed by atoms with Crippen LogP contribution < -0.4 is 24.6 Å². The van der Waals surface area contributed by atoms with Crippen molar-refractivity contribution in [1.29, 1.82) is 0 Å². The monoisotopic (exact) mass is 1030 g/mol. The van der Waals surface area contributed by atoms with Crippen LogP contribution in [0.2, 0.25) is 0 Å². The molecule has 2 aromatic heterocycles. The molecular formula is C53H71ClN8O7S2. The molecule has 10 rings (SSSR count). The number of hydrogen-bond donors (Lipinski definition) is 4. The van der Waals surface area contributed by atoms with E-state index in [-0.39, 0.29) is 43.9 Å². The summed E-state index contributed by atoms with van der Waals surface area (Å²) < 4.78 is 13.8. The number of nitrogens with one attached hydrogen (secondary N) is 1. The quantitative estimate of drug-likeness (QED) is 0.0906. The van der Waals surface area contributed by atoms with Crippen molar-refractivity contribution < 1.29 is 34.4 Å². The fourth-order valence-corrected chi connectivity index (χ4v) is 10.7. The van der Waals surface area contributed by atoms with E-state index in [1.54, 1.807) is 34.5 Å². The van der Waals surface area contributed by atoms with Crippen LogP contribution in [0.4, 0.5) is 11.4 Å². The van der Waals surface area contributed by atoms with E-state index in [2.05, 4.69) is 30.0 Å². The lowest BCUT2D eigenvalue weighted by molar-refractivity contribution is -0.122. The van der Waals surface area contributed by atoms with Gasteiger partial charge in [0.1, 0.15) is 42.3 Å². The van der Waals surface area contributed by atoms with Crippen molar-refractivity contribution in [1.82, 2.24) is 30.0 Å². The van der Waals surface area contributed by atoms with E-state index in [1.807, 2.05) is 116 Å². The number of anilines is 2. The number of ether oxygens (including phenoxy) is 2. The van der Waals surface area contributed by atoms with Crippen molar-refractivity contribution in [3.8, 4) is 11.5 Å². The number of rotatable bonds is 13. The summed E-state index contributed by atoms with van der Waals surface area (Å²) in [6.45, 7) is 16.6. The number of thiazole rings is 2. The molecule has 4 N–H and O–H groups in total. The Labute approximate surface area is 431 Å². The standard InChI is InChI=1S/C25H30N4O3S.C15H21N3O2S.C10H10ClNO.C2H6O.CH4/c1-18-26-22-15-21(7-8-24(22)33-18)32-17-20(30)16-27-11-13-28(14-12-27)23-9-10-29(25(23)31)19-5-3-2-4-6-19;1-11-17-14-8-13(2-3-15(14)21-11)20-10-12(19)9-18-6-4-16-5-7-18;11-9-6-7-12(10(9)13)8-4-2-1-3-5-8;1-2-3;/h2-8,15,20,23,30H,9-14,16-17H2,1H3;2-3,8,12,16,19H,4-7,9-10H2,1H3;1-5,9H,6-7H2;3H,2H2,1H3;1H4/t20-,23?;12-;;;/m11.../s1. The van der Waals surface area contributed by atoms with Gasteiger partial charge in [0.2, 0.25) is 11.8 Å². The molecule has 4 fully saturated rings. The first-order valence-electron chi connectivity index (χ1n) is 24.2. The van der Waals surface area contributed by atoms with Gasteiger partial charge in [-0.3, -0.25) is 24.3 Å². The SMILES string of the molecule is C.CCO.Cc1nc2cc(OC[C@H](O)CN3CCN(C4CCN(c5ccccc5)C4=O)CC3)ccc2s1.Cc1nc2cc(OC[C@H](O)CN3CCNCC3)ccc2s1.O=C1C(Cl)CCN1c1ccccc1. The second-order valence-corrected chi connectivity index (χ2v) is 20.6. The molecule has 4 saturated heterocycles. The van der Waals surface area contributed by atoms with Crippen LogP contribution in [-0.2, 0) is 9.59 Å². The molecule has 384 valence electrons. The number of halogens is 1. The topological polar surface area (TPSA) is 167 Å². The number of para-hydroxylation sites is 2. The van der Waals surface area contributed by atoms with Gasteiger partial charge in [0.25, 0.3) is 0 Å². The summed E-state index contributed by atoms with van der Waals surface area (Å²) in [6.07, 6.45) is 0.588. The van der Waals surface area contributed by atoms with Crippen molar-refractivity contribution in [2.45, 2.75) is 64.7 Å². The Bertz CT molecular complexity index is 2540. The summed E-state index contributed by atoms with van der Waals surface area (Å²) in [5.74, 6) is 1.73. The molecule has 0 spiro atoms. The van der Waals surface area contributed by atoms with E-state index in [0.717, 1.165) is 127 Å². The van der Waals surface area contributed by atoms with Crippen LogP contribution in [0.3, 0.4) is 0 Å². The predicted molar refractivity (Wildman–Crippen MR) is 289 cm³/mol. The van der Waals surface area contributed by atoms with Gasteiger partial charge < -0.3 is 39.9 Å². The lowest BCUT2D eigenvalue weighted by Gasteiger charge is -2.37. The molecule has 15 nitrogen and oxygen atoms in total. The number of aliphatic hydroxyl groups excluding tert-OH is 3. The first-order chi connectivity index (χ1) is 34.0. The van der Waals surface area contributed by atoms with Crippen LogP contribution in [0, 0.1) is 13.8 Å². The zero-order valence-electron chi connectivity index (χ0n) is 40.4. The van der Waals surface area contributed by atoms with Gasteiger partial charge in [-0.15, -0.1) is 34.3 Å². The number of nitrogens with zero attached hydrogens (tertiary/aromatic N) is 7. The van der Waals surface area contributed by atoms with Crippen LogP contribution in [0.1, 0.15) is 37.2 Å². The van der Waals surface area contributed by atoms with Crippen molar-refractivity contribution in [2.24, 2.45) is 0 Å². The van der Waals surface area contributed by atoms with E-state index in [4.69, 9.17) is 26.2 Å². The molecule has 4 aliphatic rings. The molecule has 4 atom stereocenters. The molecule has 0 bridgehead atoms. The maximum absolute atomic E-state index is 13.0. The molecule has 4 aliphatic heterocycles. The minimum Gasteiger partial charge on any atom is -0.491 e. The predicted octanol–water partition coefficient (Wildman–Crippen LogP) is 6.68. The number of carbonyl (C=O) groups excluding carboxylic acids is 2. The fourth-order valence-electron chi connectivity index (χ4n) is 8.84. The number of piperazine rings is 2. The average Bonchev–Trinajstić information content (AvgIpc) is 4.15. The van der Waals surface area contributed by atoms with Crippen LogP contribution in [0.5, 0.6) is 11.5 Å². The molecule has 0 radical (unpaired) electrons. The van der Waals surface area contributed by atoms with Crippen molar-refractivity contribution in [2.75, 3.05) is 108 Å². The largest absolute Gasteiger partial charge is 0.491 e. The highest BCUT2D eigenvalue weighted by atomic mass is 35.5. The van der Waals surface area contributed by atoms with Gasteiger partial charge in [-0.05, 0) is 82.1 Å². The van der Waals surface area contributed by atoms with Gasteiger partial charge in [-0.1, -0.05) is 43.8 Å². The highest BCUT2D eigenvalue weighted by molar-refractivity contribution is 7.18. The van der Waals surface area contributed by atoms with Gasteiger partial charge in [0.15, 0.2) is 0 Å². The van der Waals surface area contributed by atoms with Gasteiger partial charge in [0, 0.05) is 109 Å². The lowest BCUT2D eigenvalue weighted by atomic mass is 10.1. The van der Waals surface area contributed by atoms with Gasteiger partial charge in [-0.2, -0.15) is 0 Å².